The first-order chi connectivity index (χ1) is 18.6. The smallest absolute Gasteiger partial charge is 0.262 e. The Balaban J connectivity index is 1.17. The minimum Gasteiger partial charge on any atom is -0.369 e. The van der Waals surface area contributed by atoms with Gasteiger partial charge in [0.25, 0.3) is 5.91 Å². The molecular weight excluding hydrogens is 478 g/mol. The molecule has 5 rings (SSSR count). The average molecular weight is 510 g/mol. The molecule has 0 saturated carbocycles. The van der Waals surface area contributed by atoms with Crippen LogP contribution in [0.1, 0.15) is 12.1 Å². The second kappa shape index (κ2) is 11.7. The van der Waals surface area contributed by atoms with E-state index in [4.69, 9.17) is 4.98 Å². The number of likely N-dealkylation sites (N-methyl/N-ethyl adjacent to an activating group) is 1. The van der Waals surface area contributed by atoms with Crippen LogP contribution in [0.25, 0.3) is 6.08 Å². The van der Waals surface area contributed by atoms with Crippen LogP contribution in [0.2, 0.25) is 0 Å². The lowest BCUT2D eigenvalue weighted by atomic mass is 10.2. The fourth-order valence-electron chi connectivity index (χ4n) is 4.64. The number of nitriles is 1. The predicted octanol–water partition coefficient (Wildman–Crippen LogP) is 2.67. The van der Waals surface area contributed by atoms with Crippen molar-refractivity contribution in [2.24, 2.45) is 0 Å². The van der Waals surface area contributed by atoms with E-state index in [0.29, 0.717) is 18.2 Å². The maximum Gasteiger partial charge on any atom is 0.262 e. The van der Waals surface area contributed by atoms with Crippen LogP contribution in [0.15, 0.2) is 66.5 Å². The van der Waals surface area contributed by atoms with Gasteiger partial charge in [-0.05, 0) is 62.0 Å². The third kappa shape index (κ3) is 6.25. The van der Waals surface area contributed by atoms with Gasteiger partial charge < -0.3 is 25.3 Å². The number of piperazine rings is 1. The largest absolute Gasteiger partial charge is 0.369 e. The Kier molecular flexibility index (Phi) is 7.75. The van der Waals surface area contributed by atoms with Crippen LogP contribution in [0.3, 0.4) is 0 Å². The number of amides is 1. The van der Waals surface area contributed by atoms with Gasteiger partial charge in [0.1, 0.15) is 17.5 Å². The van der Waals surface area contributed by atoms with E-state index in [2.05, 4.69) is 66.6 Å². The highest BCUT2D eigenvalue weighted by molar-refractivity contribution is 6.01. The molecule has 2 fully saturated rings. The molecule has 1 aromatic carbocycles. The zero-order valence-corrected chi connectivity index (χ0v) is 21.4. The van der Waals surface area contributed by atoms with Crippen LogP contribution in [0, 0.1) is 11.3 Å². The summed E-state index contributed by atoms with van der Waals surface area (Å²) < 4.78 is 0. The Morgan fingerprint density at radius 3 is 2.55 bits per heavy atom. The maximum atomic E-state index is 12.7. The van der Waals surface area contributed by atoms with Crippen LogP contribution >= 0.6 is 0 Å². The fraction of sp³-hybridized carbons (Fsp3) is 0.321. The first kappa shape index (κ1) is 25.2. The van der Waals surface area contributed by atoms with Crippen LogP contribution < -0.4 is 20.4 Å². The third-order valence-corrected chi connectivity index (χ3v) is 6.83. The van der Waals surface area contributed by atoms with Crippen molar-refractivity contribution in [1.29, 1.82) is 5.26 Å². The van der Waals surface area contributed by atoms with Crippen molar-refractivity contribution >= 4 is 35.1 Å². The molecule has 1 atom stereocenters. The summed E-state index contributed by atoms with van der Waals surface area (Å²) in [5, 5.41) is 15.7. The molecule has 0 radical (unpaired) electrons. The molecule has 0 spiro atoms. The number of carbonyl (C=O) groups is 1. The van der Waals surface area contributed by atoms with E-state index < -0.39 is 5.91 Å². The summed E-state index contributed by atoms with van der Waals surface area (Å²) >= 11 is 0. The van der Waals surface area contributed by atoms with Crippen molar-refractivity contribution in [3.05, 3.63) is 72.2 Å². The summed E-state index contributed by atoms with van der Waals surface area (Å²) in [6.45, 7) is 5.55. The number of hydrogen-bond donors (Lipinski definition) is 2. The Morgan fingerprint density at radius 2 is 1.82 bits per heavy atom. The molecule has 2 saturated heterocycles. The quantitative estimate of drug-likeness (QED) is 0.367. The number of pyridine rings is 1. The average Bonchev–Trinajstić information content (AvgIpc) is 3.42. The van der Waals surface area contributed by atoms with E-state index in [0.717, 1.165) is 50.6 Å². The molecule has 194 valence electrons. The van der Waals surface area contributed by atoms with E-state index in [1.54, 1.807) is 24.5 Å². The Morgan fingerprint density at radius 1 is 1.00 bits per heavy atom. The molecule has 10 heteroatoms. The minimum atomic E-state index is -0.393. The molecule has 2 N–H and O–H groups in total. The van der Waals surface area contributed by atoms with Gasteiger partial charge in [0.05, 0.1) is 5.69 Å². The van der Waals surface area contributed by atoms with Crippen LogP contribution in [-0.4, -0.2) is 78.1 Å². The van der Waals surface area contributed by atoms with Crippen molar-refractivity contribution in [2.45, 2.75) is 12.5 Å². The van der Waals surface area contributed by atoms with Crippen molar-refractivity contribution in [3.63, 3.8) is 0 Å². The van der Waals surface area contributed by atoms with Crippen molar-refractivity contribution in [2.75, 3.05) is 61.4 Å². The molecule has 0 unspecified atom stereocenters. The number of aromatic nitrogens is 3. The molecule has 0 bridgehead atoms. The van der Waals surface area contributed by atoms with Crippen molar-refractivity contribution < 1.29 is 4.79 Å². The van der Waals surface area contributed by atoms with Crippen LogP contribution in [0.4, 0.5) is 23.1 Å². The number of nitrogens with zero attached hydrogens (tertiary/aromatic N) is 7. The molecule has 0 aliphatic carbocycles. The lowest BCUT2D eigenvalue weighted by molar-refractivity contribution is -0.117. The molecule has 2 aliphatic heterocycles. The summed E-state index contributed by atoms with van der Waals surface area (Å²) in [6, 6.07) is 17.5. The van der Waals surface area contributed by atoms with Gasteiger partial charge in [0.15, 0.2) is 0 Å². The van der Waals surface area contributed by atoms with Gasteiger partial charge in [-0.1, -0.05) is 6.07 Å². The first-order valence-corrected chi connectivity index (χ1v) is 12.8. The van der Waals surface area contributed by atoms with Crippen LogP contribution in [-0.2, 0) is 4.79 Å². The van der Waals surface area contributed by atoms with Crippen LogP contribution in [0.5, 0.6) is 0 Å². The Hall–Kier alpha value is -4.49. The number of nitrogens with one attached hydrogen (secondary N) is 2. The molecule has 4 heterocycles. The first-order valence-electron chi connectivity index (χ1n) is 12.8. The summed E-state index contributed by atoms with van der Waals surface area (Å²) in [7, 11) is 2.16. The highest BCUT2D eigenvalue weighted by Gasteiger charge is 2.26. The second-order valence-corrected chi connectivity index (χ2v) is 9.53. The zero-order valence-electron chi connectivity index (χ0n) is 21.4. The minimum absolute atomic E-state index is 0.0364. The standard InChI is InChI=1S/C28H31N9O/c1-35-14-16-36(17-15-35)25-7-5-22(6-8-25)33-28-31-12-9-26(34-28)37-13-10-24(20-37)32-27(38)21(19-29)18-23-4-2-3-11-30-23/h2-9,11-12,18,24H,10,13-17,20H2,1H3,(H,32,38)(H,31,33,34)/b21-18+/t24-/m1/s1. The number of anilines is 4. The summed E-state index contributed by atoms with van der Waals surface area (Å²) in [6.07, 6.45) is 5.62. The van der Waals surface area contributed by atoms with Gasteiger partial charge in [-0.15, -0.1) is 0 Å². The highest BCUT2D eigenvalue weighted by atomic mass is 16.1. The van der Waals surface area contributed by atoms with E-state index in [1.807, 2.05) is 18.2 Å². The van der Waals surface area contributed by atoms with Gasteiger partial charge in [-0.3, -0.25) is 9.78 Å². The van der Waals surface area contributed by atoms with Gasteiger partial charge in [0, 0.05) is 69.1 Å². The lowest BCUT2D eigenvalue weighted by Crippen LogP contribution is -2.44. The van der Waals surface area contributed by atoms with Crippen molar-refractivity contribution in [1.82, 2.24) is 25.2 Å². The lowest BCUT2D eigenvalue weighted by Gasteiger charge is -2.34. The molecule has 10 nitrogen and oxygen atoms in total. The Labute approximate surface area is 222 Å². The summed E-state index contributed by atoms with van der Waals surface area (Å²) in [5.74, 6) is 0.917. The molecular formula is C28H31N9O. The number of rotatable bonds is 7. The highest BCUT2D eigenvalue weighted by Crippen LogP contribution is 2.23. The topological polar surface area (TPSA) is 113 Å². The monoisotopic (exact) mass is 509 g/mol. The van der Waals surface area contributed by atoms with E-state index in [1.165, 1.54) is 11.8 Å². The fourth-order valence-corrected chi connectivity index (χ4v) is 4.64. The normalized spacial score (nSPS) is 18.2. The third-order valence-electron chi connectivity index (χ3n) is 6.83. The molecule has 38 heavy (non-hydrogen) atoms. The SMILES string of the molecule is CN1CCN(c2ccc(Nc3nccc(N4CC[C@@H](NC(=O)/C(C#N)=C/c5ccccn5)C4)n3)cc2)CC1. The number of carbonyl (C=O) groups excluding carboxylic acids is 1. The van der Waals surface area contributed by atoms with Gasteiger partial charge in [0.2, 0.25) is 5.95 Å². The van der Waals surface area contributed by atoms with Gasteiger partial charge >= 0.3 is 0 Å². The molecule has 1 amide bonds. The molecule has 2 aliphatic rings. The van der Waals surface area contributed by atoms with E-state index in [9.17, 15) is 10.1 Å². The molecule has 3 aromatic rings. The number of hydrogen-bond acceptors (Lipinski definition) is 9. The second-order valence-electron chi connectivity index (χ2n) is 9.53. The van der Waals surface area contributed by atoms with E-state index >= 15 is 0 Å². The predicted molar refractivity (Wildman–Crippen MR) is 148 cm³/mol. The number of benzene rings is 1. The zero-order chi connectivity index (χ0) is 26.3. The Bertz CT molecular complexity index is 1310. The van der Waals surface area contributed by atoms with Gasteiger partial charge in [-0.2, -0.15) is 10.2 Å². The van der Waals surface area contributed by atoms with Gasteiger partial charge in [-0.25, -0.2) is 4.98 Å². The van der Waals surface area contributed by atoms with E-state index in [-0.39, 0.29) is 11.6 Å². The van der Waals surface area contributed by atoms with Crippen molar-refractivity contribution in [3.8, 4) is 6.07 Å². The molecule has 2 aromatic heterocycles. The maximum absolute atomic E-state index is 12.7. The summed E-state index contributed by atoms with van der Waals surface area (Å²) in [5.41, 5.74) is 2.75. The summed E-state index contributed by atoms with van der Waals surface area (Å²) in [4.78, 5) is 32.8.